The maximum absolute atomic E-state index is 15.8. The summed E-state index contributed by atoms with van der Waals surface area (Å²) >= 11 is 0. The number of nitrogens with zero attached hydrogens (tertiary/aromatic N) is 3. The number of hydrogen-bond donors (Lipinski definition) is 15. The van der Waals surface area contributed by atoms with Crippen LogP contribution in [0.3, 0.4) is 0 Å². The van der Waals surface area contributed by atoms with E-state index in [2.05, 4.69) is 68.2 Å². The Hall–Kier alpha value is -13.0. The molecule has 0 spiro atoms. The topological polar surface area (TPSA) is 475 Å². The number of benzene rings is 6. The van der Waals surface area contributed by atoms with Gasteiger partial charge < -0.3 is 92.3 Å². The van der Waals surface area contributed by atoms with Crippen molar-refractivity contribution in [1.29, 1.82) is 5.41 Å². The minimum absolute atomic E-state index is 0.00690. The average molecular weight is 1930 g/mol. The average Bonchev–Trinajstić information content (AvgIpc) is 1.73. The number of aromatic nitrogens is 3. The number of aromatic amines is 1. The van der Waals surface area contributed by atoms with Crippen LogP contribution in [0.4, 0.5) is 0 Å². The van der Waals surface area contributed by atoms with Crippen LogP contribution in [0.15, 0.2) is 163 Å². The first-order chi connectivity index (χ1) is 66.1. The van der Waals surface area contributed by atoms with Crippen LogP contribution in [0.25, 0.3) is 10.9 Å². The molecule has 0 radical (unpaired) electrons. The predicted molar refractivity (Wildman–Crippen MR) is 529 cm³/mol. The zero-order chi connectivity index (χ0) is 101. The predicted octanol–water partition coefficient (Wildman–Crippen LogP) is 8.86. The minimum Gasteiger partial charge on any atom is -0.497 e. The van der Waals surface area contributed by atoms with Crippen molar-refractivity contribution in [3.05, 3.63) is 214 Å². The molecule has 3 aliphatic rings. The van der Waals surface area contributed by atoms with Crippen molar-refractivity contribution >= 4 is 91.9 Å². The van der Waals surface area contributed by atoms with Crippen LogP contribution in [0.5, 0.6) is 11.5 Å². The quantitative estimate of drug-likeness (QED) is 0.00732. The molecule has 10 atom stereocenters. The van der Waals surface area contributed by atoms with E-state index in [1.165, 1.54) is 12.0 Å². The van der Waals surface area contributed by atoms with Crippen LogP contribution in [0, 0.1) is 38.0 Å². The second-order valence-corrected chi connectivity index (χ2v) is 40.7. The molecule has 2 saturated heterocycles. The Kier molecular flexibility index (Phi) is 37.1. The van der Waals surface area contributed by atoms with Gasteiger partial charge in [-0.1, -0.05) is 155 Å². The number of unbranched alkanes of at least 4 members (excludes halogenated alkanes) is 2. The lowest BCUT2D eigenvalue weighted by Crippen LogP contribution is -2.62. The van der Waals surface area contributed by atoms with Gasteiger partial charge in [-0.3, -0.25) is 58.1 Å². The van der Waals surface area contributed by atoms with Crippen LogP contribution in [0.2, 0.25) is 0 Å². The fourth-order valence-electron chi connectivity index (χ4n) is 18.4. The standard InChI is InChI=1S/C104H139N17O17S/c1-63(2)52-81(93(126)112-80(100(133)121-51-31-42-87(121)99(132)111-65(5)54-88(122)107-48-28-18-25-43-89(123)124)41-30-50-108-101(105)119-139(134,135)91-67(7)66(6)90-77(68(91)8)58-103(12,13)138-90)113-94(127)82(53-64(3)4)114-95(128)83(55-69-44-46-75(136-14)47-45-69)115-98(131)86(61-137-102(9,10)11)118-96(129)84(56-70-59-109-78-39-27-26-38-76(70)78)116-97(130)85(117-92(125)79-40-29-49-106-79)57-74-60-120(62-110-74)104(71-32-19-15-20-33-71,72-34-21-16-22-35-72)73-36-23-17-24-37-73/h15-17,19-24,26-27,32-39,44-47,59-60,62-65,79-87,106,109H,18,25,28-31,40-43,48-58,61H2,1-14H3,(H,107,122)(H,111,132)(H,112,126)(H,113,127)(H,114,128)(H,115,131)(H,116,130)(H,117,125)(H,118,129)(H,123,124)(H3,105,108,119)/t65?,79-,80-,81-,82+,83-,84-,85-,86-,87-/m0/s1. The fraction of sp³-hybridized carbons (Fsp3) is 0.490. The van der Waals surface area contributed by atoms with Gasteiger partial charge in [-0.2, -0.15) is 0 Å². The third-order valence-electron chi connectivity index (χ3n) is 25.5. The van der Waals surface area contributed by atoms with Crippen molar-refractivity contribution in [3.8, 4) is 11.5 Å². The third-order valence-corrected chi connectivity index (χ3v) is 27.1. The van der Waals surface area contributed by atoms with Gasteiger partial charge in [0, 0.05) is 93.1 Å². The van der Waals surface area contributed by atoms with Crippen molar-refractivity contribution in [2.45, 2.75) is 281 Å². The van der Waals surface area contributed by atoms with E-state index in [9.17, 15) is 27.6 Å². The lowest BCUT2D eigenvalue weighted by atomic mass is 9.77. The van der Waals surface area contributed by atoms with Crippen LogP contribution >= 0.6 is 0 Å². The highest BCUT2D eigenvalue weighted by molar-refractivity contribution is 7.90. The highest BCUT2D eigenvalue weighted by Crippen LogP contribution is 2.45. The van der Waals surface area contributed by atoms with E-state index < -0.39 is 159 Å². The molecular weight excluding hydrogens is 1790 g/mol. The summed E-state index contributed by atoms with van der Waals surface area (Å²) in [5.41, 5.74) is 4.90. The summed E-state index contributed by atoms with van der Waals surface area (Å²) in [7, 11) is -2.88. The molecular formula is C104H139N17O17S. The number of fused-ring (bicyclic) bond motifs is 2. The summed E-state index contributed by atoms with van der Waals surface area (Å²) in [6.07, 6.45) is 8.45. The summed E-state index contributed by atoms with van der Waals surface area (Å²) in [4.78, 5) is 171. The number of carboxylic acid groups (broad SMARTS) is 1. The van der Waals surface area contributed by atoms with Gasteiger partial charge in [0.1, 0.15) is 71.0 Å². The number of amides is 10. The van der Waals surface area contributed by atoms with Crippen LogP contribution in [-0.2, 0) is 98.7 Å². The molecule has 748 valence electrons. The Morgan fingerprint density at radius 1 is 0.604 bits per heavy atom. The number of rotatable bonds is 48. The molecule has 15 N–H and O–H groups in total. The number of aliphatic carboxylic acids is 1. The van der Waals surface area contributed by atoms with E-state index in [1.54, 1.807) is 85.3 Å². The largest absolute Gasteiger partial charge is 0.497 e. The molecule has 139 heavy (non-hydrogen) atoms. The van der Waals surface area contributed by atoms with E-state index in [0.717, 1.165) is 33.2 Å². The highest BCUT2D eigenvalue weighted by Gasteiger charge is 2.44. The van der Waals surface area contributed by atoms with E-state index in [4.69, 9.17) is 29.7 Å². The van der Waals surface area contributed by atoms with E-state index in [0.29, 0.717) is 103 Å². The Morgan fingerprint density at radius 3 is 1.73 bits per heavy atom. The summed E-state index contributed by atoms with van der Waals surface area (Å²) < 4.78 is 51.0. The molecule has 8 aromatic rings. The number of methoxy groups -OCH3 is 1. The molecule has 0 aliphatic carbocycles. The zero-order valence-corrected chi connectivity index (χ0v) is 83.0. The number of H-pyrrole nitrogens is 1. The third kappa shape index (κ3) is 28.8. The number of carbonyl (C=O) groups is 11. The molecule has 35 heteroatoms. The molecule has 34 nitrogen and oxygen atoms in total. The summed E-state index contributed by atoms with van der Waals surface area (Å²) in [6.45, 7) is 23.6. The number of likely N-dealkylation sites (tertiary alicyclic amines) is 1. The van der Waals surface area contributed by atoms with Crippen molar-refractivity contribution in [1.82, 2.24) is 82.6 Å². The molecule has 0 saturated carbocycles. The summed E-state index contributed by atoms with van der Waals surface area (Å²) in [5, 5.41) is 50.8. The normalized spacial score (nSPS) is 16.4. The first-order valence-corrected chi connectivity index (χ1v) is 49.7. The molecule has 1 unspecified atom stereocenters. The second-order valence-electron chi connectivity index (χ2n) is 39.1. The maximum atomic E-state index is 15.8. The Bertz CT molecular complexity index is 5640. The molecule has 11 rings (SSSR count). The summed E-state index contributed by atoms with van der Waals surface area (Å²) in [6, 6.07) is 31.6. The lowest BCUT2D eigenvalue weighted by Gasteiger charge is -2.37. The lowest BCUT2D eigenvalue weighted by molar-refractivity contribution is -0.142. The van der Waals surface area contributed by atoms with Gasteiger partial charge in [0.2, 0.25) is 65.0 Å². The number of carbonyl (C=O) groups excluding carboxylic acids is 10. The van der Waals surface area contributed by atoms with E-state index in [1.807, 2.05) is 168 Å². The van der Waals surface area contributed by atoms with Gasteiger partial charge in [0.25, 0.3) is 10.0 Å². The number of guanidine groups is 1. The number of sulfonamides is 1. The highest BCUT2D eigenvalue weighted by atomic mass is 32.2. The smallest absolute Gasteiger partial charge is 0.303 e. The molecule has 10 amide bonds. The monoisotopic (exact) mass is 1930 g/mol. The van der Waals surface area contributed by atoms with Crippen molar-refractivity contribution in [2.24, 2.45) is 11.8 Å². The van der Waals surface area contributed by atoms with Gasteiger partial charge >= 0.3 is 5.97 Å². The second kappa shape index (κ2) is 48.5. The van der Waals surface area contributed by atoms with Crippen molar-refractivity contribution < 1.29 is 80.5 Å². The van der Waals surface area contributed by atoms with E-state index >= 15 is 33.6 Å². The number of ether oxygens (including phenoxy) is 3. The van der Waals surface area contributed by atoms with Crippen LogP contribution in [0.1, 0.15) is 208 Å². The molecule has 2 aromatic heterocycles. The fourth-order valence-corrected chi connectivity index (χ4v) is 19.9. The first-order valence-electron chi connectivity index (χ1n) is 48.3. The molecule has 3 aliphatic heterocycles. The number of carboxylic acids is 1. The van der Waals surface area contributed by atoms with Crippen molar-refractivity contribution in [3.63, 3.8) is 0 Å². The van der Waals surface area contributed by atoms with Gasteiger partial charge in [-0.05, 0) is 208 Å². The Balaban J connectivity index is 0.846. The SMILES string of the molecule is COc1ccc(C[C@H](NC(=O)[C@H](COC(C)(C)C)NC(=O)[C@H](Cc2c[nH]c3ccccc23)NC(=O)[C@H](Cc2cn(C(c3ccccc3)(c3ccccc3)c3ccccc3)cn2)NC(=O)[C@@H]2CCCN2)C(=O)N[C@H](CC(C)C)C(=O)N[C@@H](CC(C)C)C(=O)N[C@@H](CCCNC(=N)NS(=O)(=O)c2c(C)c(C)c3c(c2C)CC(C)(C)O3)C(=O)N2CCC[C@H]2C(=O)NC(C)CC(=O)NCCCCCC(=O)O)cc1. The number of nitrogens with one attached hydrogen (secondary N) is 14. The van der Waals surface area contributed by atoms with Gasteiger partial charge in [0.15, 0.2) is 0 Å². The van der Waals surface area contributed by atoms with Crippen LogP contribution < -0.4 is 72.7 Å². The molecule has 5 heterocycles. The van der Waals surface area contributed by atoms with Gasteiger partial charge in [-0.15, -0.1) is 0 Å². The molecule has 6 aromatic carbocycles. The molecule has 0 bridgehead atoms. The number of para-hydroxylation sites is 1. The van der Waals surface area contributed by atoms with Crippen molar-refractivity contribution in [2.75, 3.05) is 39.9 Å². The maximum Gasteiger partial charge on any atom is 0.303 e. The summed E-state index contributed by atoms with van der Waals surface area (Å²) in [5.74, 6) is -7.96. The number of imidazole rings is 1. The van der Waals surface area contributed by atoms with E-state index in [-0.39, 0.29) is 99.9 Å². The number of hydrogen-bond acceptors (Lipinski definition) is 19. The minimum atomic E-state index is -4.37. The van der Waals surface area contributed by atoms with Gasteiger partial charge in [0.05, 0.1) is 42.3 Å². The zero-order valence-electron chi connectivity index (χ0n) is 82.2. The Morgan fingerprint density at radius 2 is 1.15 bits per heavy atom. The van der Waals surface area contributed by atoms with Crippen LogP contribution in [-0.4, -0.2) is 215 Å². The Labute approximate surface area is 814 Å². The molecule has 2 fully saturated rings. The van der Waals surface area contributed by atoms with Gasteiger partial charge in [-0.25, -0.2) is 18.1 Å². The first kappa shape index (κ1) is 106.